The van der Waals surface area contributed by atoms with Crippen molar-refractivity contribution in [3.05, 3.63) is 12.7 Å². The average Bonchev–Trinajstić information content (AvgIpc) is 2.84. The van der Waals surface area contributed by atoms with E-state index >= 15 is 0 Å². The van der Waals surface area contributed by atoms with E-state index in [9.17, 15) is 9.59 Å². The van der Waals surface area contributed by atoms with E-state index in [1.807, 2.05) is 0 Å². The molecule has 17 heavy (non-hydrogen) atoms. The van der Waals surface area contributed by atoms with Crippen molar-refractivity contribution in [3.63, 3.8) is 0 Å². The van der Waals surface area contributed by atoms with Gasteiger partial charge < -0.3 is 0 Å². The summed E-state index contributed by atoms with van der Waals surface area (Å²) in [4.78, 5) is 23.2. The molecule has 2 aliphatic carbocycles. The summed E-state index contributed by atoms with van der Waals surface area (Å²) in [5, 5.41) is 0. The number of rotatable bonds is 5. The smallest absolute Gasteiger partial charge is 0.155 e. The molecule has 0 amide bonds. The van der Waals surface area contributed by atoms with Crippen LogP contribution in [0.1, 0.15) is 39.5 Å². The molecular formula is C15H22O2. The lowest BCUT2D eigenvalue weighted by atomic mass is 9.70. The average molecular weight is 234 g/mol. The van der Waals surface area contributed by atoms with E-state index < -0.39 is 0 Å². The van der Waals surface area contributed by atoms with E-state index in [0.29, 0.717) is 35.9 Å². The van der Waals surface area contributed by atoms with Crippen LogP contribution < -0.4 is 0 Å². The van der Waals surface area contributed by atoms with Crippen molar-refractivity contribution in [2.75, 3.05) is 0 Å². The summed E-state index contributed by atoms with van der Waals surface area (Å²) in [5.41, 5.74) is 0. The van der Waals surface area contributed by atoms with Gasteiger partial charge >= 0.3 is 0 Å². The van der Waals surface area contributed by atoms with Crippen molar-refractivity contribution in [1.29, 1.82) is 0 Å². The highest BCUT2D eigenvalue weighted by atomic mass is 16.1. The molecule has 0 aromatic carbocycles. The van der Waals surface area contributed by atoms with Crippen molar-refractivity contribution in [1.82, 2.24) is 0 Å². The van der Waals surface area contributed by atoms with Crippen molar-refractivity contribution in [2.24, 2.45) is 29.6 Å². The van der Waals surface area contributed by atoms with Gasteiger partial charge in [-0.3, -0.25) is 9.59 Å². The Kier molecular flexibility index (Phi) is 3.50. The minimum atomic E-state index is 0.164. The van der Waals surface area contributed by atoms with Gasteiger partial charge in [0.05, 0.1) is 0 Å². The Morgan fingerprint density at radius 3 is 2.59 bits per heavy atom. The third-order valence-electron chi connectivity index (χ3n) is 4.94. The predicted molar refractivity (Wildman–Crippen MR) is 67.5 cm³/mol. The van der Waals surface area contributed by atoms with Gasteiger partial charge in [0, 0.05) is 12.3 Å². The highest BCUT2D eigenvalue weighted by Crippen LogP contribution is 2.57. The Labute approximate surface area is 103 Å². The van der Waals surface area contributed by atoms with Crippen LogP contribution in [-0.2, 0) is 9.59 Å². The summed E-state index contributed by atoms with van der Waals surface area (Å²) in [6.45, 7) is 7.45. The Bertz CT molecular complexity index is 345. The van der Waals surface area contributed by atoms with Crippen LogP contribution in [0.2, 0.25) is 0 Å². The zero-order valence-electron chi connectivity index (χ0n) is 10.8. The summed E-state index contributed by atoms with van der Waals surface area (Å²) >= 11 is 0. The highest BCUT2D eigenvalue weighted by Gasteiger charge is 2.53. The molecule has 2 heteroatoms. The van der Waals surface area contributed by atoms with E-state index in [1.165, 1.54) is 6.08 Å². The van der Waals surface area contributed by atoms with Crippen LogP contribution in [0.5, 0.6) is 0 Å². The molecule has 5 atom stereocenters. The number of ketones is 2. The first kappa shape index (κ1) is 12.5. The number of hydrogen-bond donors (Lipinski definition) is 0. The summed E-state index contributed by atoms with van der Waals surface area (Å²) in [6.07, 6.45) is 5.40. The molecule has 2 nitrogen and oxygen atoms in total. The predicted octanol–water partition coefficient (Wildman–Crippen LogP) is 3.02. The second kappa shape index (κ2) is 4.75. The van der Waals surface area contributed by atoms with Gasteiger partial charge in [-0.15, -0.1) is 0 Å². The highest BCUT2D eigenvalue weighted by molar-refractivity contribution is 5.89. The zero-order valence-corrected chi connectivity index (χ0v) is 10.8. The third-order valence-corrected chi connectivity index (χ3v) is 4.94. The van der Waals surface area contributed by atoms with Crippen LogP contribution in [0.4, 0.5) is 0 Å². The van der Waals surface area contributed by atoms with Crippen LogP contribution in [0.3, 0.4) is 0 Å². The molecule has 5 unspecified atom stereocenters. The lowest BCUT2D eigenvalue weighted by molar-refractivity contribution is -0.124. The minimum Gasteiger partial charge on any atom is -0.300 e. The Morgan fingerprint density at radius 1 is 1.35 bits per heavy atom. The first-order chi connectivity index (χ1) is 8.08. The fourth-order valence-electron chi connectivity index (χ4n) is 4.40. The van der Waals surface area contributed by atoms with Crippen LogP contribution in [0.15, 0.2) is 12.7 Å². The SMILES string of the molecule is C=CC(=O)CC1CC2CC1C(CC)C2C(C)=O. The number of carbonyl (C=O) groups is 2. The second-order valence-electron chi connectivity index (χ2n) is 5.74. The molecule has 0 aromatic heterocycles. The molecule has 94 valence electrons. The molecule has 2 saturated carbocycles. The standard InChI is InChI=1S/C15H22O2/c1-4-12(17)7-10-6-11-8-14(10)13(5-2)15(11)9(3)16/h4,10-11,13-15H,1,5-8H2,2-3H3. The van der Waals surface area contributed by atoms with Crippen molar-refractivity contribution in [3.8, 4) is 0 Å². The van der Waals surface area contributed by atoms with Crippen LogP contribution in [0, 0.1) is 29.6 Å². The molecule has 2 bridgehead atoms. The number of hydrogen-bond acceptors (Lipinski definition) is 2. The van der Waals surface area contributed by atoms with E-state index in [1.54, 1.807) is 6.92 Å². The van der Waals surface area contributed by atoms with Crippen molar-refractivity contribution in [2.45, 2.75) is 39.5 Å². The maximum atomic E-state index is 11.7. The third kappa shape index (κ3) is 2.10. The molecular weight excluding hydrogens is 212 g/mol. The van der Waals surface area contributed by atoms with Gasteiger partial charge in [-0.1, -0.05) is 19.9 Å². The van der Waals surface area contributed by atoms with Crippen LogP contribution >= 0.6 is 0 Å². The molecule has 0 aliphatic heterocycles. The van der Waals surface area contributed by atoms with Crippen molar-refractivity contribution >= 4 is 11.6 Å². The van der Waals surface area contributed by atoms with Gasteiger partial charge in [-0.05, 0) is 49.5 Å². The lowest BCUT2D eigenvalue weighted by Gasteiger charge is -2.33. The van der Waals surface area contributed by atoms with Gasteiger partial charge in [0.1, 0.15) is 5.78 Å². The maximum Gasteiger partial charge on any atom is 0.155 e. The number of allylic oxidation sites excluding steroid dienone is 1. The van der Waals surface area contributed by atoms with Gasteiger partial charge in [-0.25, -0.2) is 0 Å². The van der Waals surface area contributed by atoms with E-state index in [0.717, 1.165) is 19.3 Å². The van der Waals surface area contributed by atoms with Gasteiger partial charge in [0.15, 0.2) is 5.78 Å². The number of Topliss-reactive ketones (excluding diaryl/α,β-unsaturated/α-hetero) is 1. The molecule has 0 heterocycles. The van der Waals surface area contributed by atoms with Gasteiger partial charge in [0.25, 0.3) is 0 Å². The largest absolute Gasteiger partial charge is 0.300 e. The quantitative estimate of drug-likeness (QED) is 0.685. The molecule has 0 N–H and O–H groups in total. The molecule has 2 rings (SSSR count). The fraction of sp³-hybridized carbons (Fsp3) is 0.733. The second-order valence-corrected chi connectivity index (χ2v) is 5.74. The summed E-state index contributed by atoms with van der Waals surface area (Å²) in [5.74, 6) is 2.97. The maximum absolute atomic E-state index is 11.7. The van der Waals surface area contributed by atoms with E-state index in [-0.39, 0.29) is 11.7 Å². The Balaban J connectivity index is 2.08. The summed E-state index contributed by atoms with van der Waals surface area (Å²) in [6, 6.07) is 0. The van der Waals surface area contributed by atoms with E-state index in [4.69, 9.17) is 0 Å². The van der Waals surface area contributed by atoms with Gasteiger partial charge in [0.2, 0.25) is 0 Å². The minimum absolute atomic E-state index is 0.164. The fourth-order valence-corrected chi connectivity index (χ4v) is 4.40. The zero-order chi connectivity index (χ0) is 12.6. The monoisotopic (exact) mass is 234 g/mol. The van der Waals surface area contributed by atoms with Gasteiger partial charge in [-0.2, -0.15) is 0 Å². The Hall–Kier alpha value is -0.920. The molecule has 0 saturated heterocycles. The normalized spacial score (nSPS) is 39.3. The molecule has 0 radical (unpaired) electrons. The van der Waals surface area contributed by atoms with E-state index in [2.05, 4.69) is 13.5 Å². The topological polar surface area (TPSA) is 34.1 Å². The lowest BCUT2D eigenvalue weighted by Crippen LogP contribution is -2.32. The molecule has 0 aromatic rings. The number of carbonyl (C=O) groups excluding carboxylic acids is 2. The van der Waals surface area contributed by atoms with Crippen LogP contribution in [0.25, 0.3) is 0 Å². The molecule has 0 spiro atoms. The Morgan fingerprint density at radius 2 is 2.06 bits per heavy atom. The number of fused-ring (bicyclic) bond motifs is 2. The first-order valence-electron chi connectivity index (χ1n) is 6.74. The van der Waals surface area contributed by atoms with Crippen molar-refractivity contribution < 1.29 is 9.59 Å². The first-order valence-corrected chi connectivity index (χ1v) is 6.74. The molecule has 2 fully saturated rings. The summed E-state index contributed by atoms with van der Waals surface area (Å²) < 4.78 is 0. The molecule has 2 aliphatic rings. The van der Waals surface area contributed by atoms with Crippen LogP contribution in [-0.4, -0.2) is 11.6 Å². The summed E-state index contributed by atoms with van der Waals surface area (Å²) in [7, 11) is 0.